The zero-order chi connectivity index (χ0) is 80.0. The van der Waals surface area contributed by atoms with Crippen LogP contribution in [0.15, 0.2) is 189 Å². The van der Waals surface area contributed by atoms with Crippen LogP contribution in [0.5, 0.6) is 0 Å². The van der Waals surface area contributed by atoms with Crippen LogP contribution < -0.4 is 148 Å². The van der Waals surface area contributed by atoms with Crippen molar-refractivity contribution in [3.63, 3.8) is 0 Å². The molecule has 0 fully saturated rings. The molecule has 0 aliphatic carbocycles. The van der Waals surface area contributed by atoms with Crippen LogP contribution in [0.4, 0.5) is 20.0 Å². The molecule has 1 radical (unpaired) electrons. The van der Waals surface area contributed by atoms with E-state index in [1.165, 1.54) is 36.4 Å². The molecule has 8 aromatic carbocycles. The van der Waals surface area contributed by atoms with Crippen LogP contribution in [-0.2, 0) is 96.9 Å². The molecule has 4 N–H and O–H groups in total. The molecule has 587 valence electrons. The van der Waals surface area contributed by atoms with E-state index in [-0.39, 0.29) is 172 Å². The summed E-state index contributed by atoms with van der Waals surface area (Å²) in [5.41, 5.74) is 9.45. The number of hydrogen-bond donors (Lipinski definition) is 4. The van der Waals surface area contributed by atoms with Crippen molar-refractivity contribution in [3.05, 3.63) is 170 Å². The van der Waals surface area contributed by atoms with Crippen molar-refractivity contribution in [2.75, 3.05) is 44.7 Å². The first-order chi connectivity index (χ1) is 52.8. The average molecular weight is 1900 g/mol. The number of hydrogen-bond acceptors (Lipinski definition) is 36. The minimum Gasteiger partial charge on any atom is -0.744 e. The third-order valence-electron chi connectivity index (χ3n) is 15.4. The Kier molecular flexibility index (Phi) is 32.3. The summed E-state index contributed by atoms with van der Waals surface area (Å²) in [6.45, 7) is 0. The maximum absolute atomic E-state index is 11.1. The van der Waals surface area contributed by atoms with Gasteiger partial charge in [-0.05, 0) is 140 Å². The van der Waals surface area contributed by atoms with Gasteiger partial charge in [0, 0.05) is 84.7 Å². The van der Waals surface area contributed by atoms with Gasteiger partial charge in [-0.25, -0.2) is 74.4 Å². The van der Waals surface area contributed by atoms with Crippen molar-refractivity contribution in [3.8, 4) is 45.6 Å². The molecule has 2 aliphatic rings. The van der Waals surface area contributed by atoms with E-state index >= 15 is 0 Å². The Hall–Kier alpha value is -5.84. The van der Waals surface area contributed by atoms with Crippen molar-refractivity contribution >= 4 is 236 Å². The van der Waals surface area contributed by atoms with Crippen LogP contribution in [0.25, 0.3) is 133 Å². The van der Waals surface area contributed by atoms with Crippen LogP contribution >= 0.6 is 58.2 Å². The van der Waals surface area contributed by atoms with Gasteiger partial charge in [0.05, 0.1) is 83.7 Å². The number of anilines is 4. The molecule has 8 bridgehead atoms. The number of benzene rings is 8. The largest absolute Gasteiger partial charge is 2.00 e. The number of rotatable bonds is 14. The average Bonchev–Trinajstić information content (AvgIpc) is 1.60. The summed E-state index contributed by atoms with van der Waals surface area (Å²) in [6, 6.07) is 46.5. The number of nitrogens with one attached hydrogen (secondary N) is 4. The van der Waals surface area contributed by atoms with Crippen molar-refractivity contribution in [1.29, 1.82) is 0 Å². The third-order valence-corrected chi connectivity index (χ3v) is 24.1. The van der Waals surface area contributed by atoms with Gasteiger partial charge >= 0.3 is 135 Å². The molecule has 9 heterocycles. The maximum Gasteiger partial charge on any atom is 2.00 e. The molecule has 2 aliphatic heterocycles. The summed E-state index contributed by atoms with van der Waals surface area (Å²) in [7, 11) is -28.4. The molecule has 117 heavy (non-hydrogen) atoms. The molecule has 0 atom stereocenters. The van der Waals surface area contributed by atoms with Crippen molar-refractivity contribution in [1.82, 2.24) is 57.4 Å². The van der Waals surface area contributed by atoms with Gasteiger partial charge in [0.2, 0.25) is 30.1 Å². The normalized spacial score (nSPS) is 11.8. The predicted molar refractivity (Wildman–Crippen MR) is 419 cm³/mol. The second-order valence-electron chi connectivity index (χ2n) is 23.3. The molecular weight excluding hydrogens is 1850 g/mol. The summed E-state index contributed by atoms with van der Waals surface area (Å²) in [5.74, 6) is 2.21. The SMILES string of the molecule is CS(=O)(=O)Nc1snc2cc(S(=O)(=O)[O-])ccc12.CS(=O)(=O)Nc1snc2cc(S(=O)(=O)[O-])ccc12.CS(=O)(=O)Nc1snc2cc(S(=O)(=O)[O-])ccc12.CSOONc1snc2cc(S(=O)(=O)[O-])ccc12.[Cu+2].[Na+].[Na+].[Na+].[Na+].c1ccc2c(c1)-c1nc-2nc2[n-]c(nc3nc(nc4[n-]c(n1)c1ccccc41)-c1ccccc1-3)c1ccccc21. The Labute approximate surface area is 784 Å². The minimum absolute atomic E-state index is 0. The quantitative estimate of drug-likeness (QED) is 0.0220. The number of aromatic nitrogens is 12. The molecule has 0 saturated heterocycles. The van der Waals surface area contributed by atoms with Gasteiger partial charge in [-0.2, -0.15) is 17.5 Å². The number of sulfonamides is 3. The summed E-state index contributed by atoms with van der Waals surface area (Å²) in [5, 5.41) is 6.93. The third kappa shape index (κ3) is 23.5. The zero-order valence-electron chi connectivity index (χ0n) is 60.9. The molecule has 17 rings (SSSR count). The Bertz CT molecular complexity index is 6730. The van der Waals surface area contributed by atoms with Gasteiger partial charge in [-0.15, -0.1) is 9.32 Å². The Morgan fingerprint density at radius 3 is 0.795 bits per heavy atom. The van der Waals surface area contributed by atoms with Crippen LogP contribution in [0, 0.1) is 0 Å². The van der Waals surface area contributed by atoms with Crippen LogP contribution in [0.3, 0.4) is 0 Å². The Morgan fingerprint density at radius 1 is 0.333 bits per heavy atom. The smallest absolute Gasteiger partial charge is 0.744 e. The topological polar surface area (TPSA) is 555 Å². The summed E-state index contributed by atoms with van der Waals surface area (Å²) in [4.78, 5) is 42.4. The Balaban J connectivity index is 0.000000192. The molecule has 0 spiro atoms. The monoisotopic (exact) mass is 1890 g/mol. The molecule has 53 heteroatoms. The summed E-state index contributed by atoms with van der Waals surface area (Å²) >= 11 is 4.69. The number of nitrogens with zero attached hydrogens (tertiary/aromatic N) is 12. The molecule has 0 unspecified atom stereocenters. The fraction of sp³-hybridized carbons (Fsp3) is 0.0625. The van der Waals surface area contributed by atoms with E-state index in [1.807, 2.05) is 97.1 Å². The van der Waals surface area contributed by atoms with Crippen molar-refractivity contribution < 1.29 is 222 Å². The molecule has 7 aromatic heterocycles. The second-order valence-corrected chi connectivity index (χ2v) is 37.6. The molecular formula is C64H44CuN16Na4O20S12. The van der Waals surface area contributed by atoms with Gasteiger partial charge < -0.3 is 48.1 Å². The summed E-state index contributed by atoms with van der Waals surface area (Å²) in [6.07, 6.45) is 4.66. The standard InChI is InChI=1S/C32H16N8.4C8H8N2O5S3.Cu.4Na/c1-2-10-18-17(9-1)25-33-26(18)38-28-21-13-5-6-14-22(21)30(35-28)40-32-24-16-8-7-15-23(24)31(36-32)39-29-20-12-4-3-11-19(20)27(34-29)37-25;1-16-15-14-9-8-6-3-2-5(18(11,12)13)4-7(6)10-17-8;3*1-17(11,12)10-8-6-3-2-5(18(13,14)15)4-7(6)9-16-8;;;;;/h1-16H;2-4,9H,1H3,(H,11,12,13);3*2-4,10H,1H3,(H,13,14,15);;;;;/q-2;;;;;+2;4*+1/p-4. The molecule has 15 aromatic rings. The predicted octanol–water partition coefficient (Wildman–Crippen LogP) is -2.39. The molecule has 0 saturated carbocycles. The minimum atomic E-state index is -4.54. The van der Waals surface area contributed by atoms with E-state index in [4.69, 9.17) is 39.9 Å². The Morgan fingerprint density at radius 2 is 0.564 bits per heavy atom. The van der Waals surface area contributed by atoms with Crippen molar-refractivity contribution in [2.24, 2.45) is 0 Å². The van der Waals surface area contributed by atoms with E-state index < -0.39 is 85.2 Å². The van der Waals surface area contributed by atoms with E-state index in [9.17, 15) is 77.1 Å². The van der Waals surface area contributed by atoms with Crippen molar-refractivity contribution in [2.45, 2.75) is 19.6 Å². The zero-order valence-corrected chi connectivity index (χ0v) is 79.6. The van der Waals surface area contributed by atoms with Crippen LogP contribution in [0.2, 0.25) is 0 Å². The summed E-state index contributed by atoms with van der Waals surface area (Å²) < 4.78 is 224. The van der Waals surface area contributed by atoms with Gasteiger partial charge in [0.25, 0.3) is 0 Å². The van der Waals surface area contributed by atoms with Crippen LogP contribution in [0.1, 0.15) is 0 Å². The van der Waals surface area contributed by atoms with E-state index in [0.29, 0.717) is 77.9 Å². The molecule has 0 amide bonds. The second kappa shape index (κ2) is 39.1. The van der Waals surface area contributed by atoms with Gasteiger partial charge in [-0.3, -0.25) is 14.2 Å². The maximum atomic E-state index is 11.1. The molecule has 36 nitrogen and oxygen atoms in total. The fourth-order valence-electron chi connectivity index (χ4n) is 10.7. The fourth-order valence-corrected chi connectivity index (χ4v) is 18.4. The van der Waals surface area contributed by atoms with E-state index in [0.717, 1.165) is 157 Å². The first kappa shape index (κ1) is 96.6. The number of fused-ring (bicyclic) bond motifs is 24. The van der Waals surface area contributed by atoms with E-state index in [2.05, 4.69) is 46.5 Å². The first-order valence-electron chi connectivity index (χ1n) is 30.9. The first-order valence-corrected chi connectivity index (χ1v) is 46.4. The van der Waals surface area contributed by atoms with Gasteiger partial charge in [0.15, 0.2) is 0 Å². The van der Waals surface area contributed by atoms with Crippen LogP contribution in [-0.4, -0.2) is 150 Å². The van der Waals surface area contributed by atoms with E-state index in [1.54, 1.807) is 6.26 Å². The van der Waals surface area contributed by atoms with Gasteiger partial charge in [0.1, 0.15) is 60.5 Å². The van der Waals surface area contributed by atoms with Gasteiger partial charge in [-0.1, -0.05) is 97.1 Å².